The molecule has 1 saturated heterocycles. The largest absolute Gasteiger partial charge is 0.356 e. The summed E-state index contributed by atoms with van der Waals surface area (Å²) in [6, 6.07) is 8.83. The summed E-state index contributed by atoms with van der Waals surface area (Å²) in [5, 5.41) is 2.83. The van der Waals surface area contributed by atoms with Gasteiger partial charge in [-0.05, 0) is 24.3 Å². The van der Waals surface area contributed by atoms with Crippen LogP contribution in [0.1, 0.15) is 31.4 Å². The van der Waals surface area contributed by atoms with Crippen molar-refractivity contribution in [3.05, 3.63) is 35.9 Å². The Morgan fingerprint density at radius 3 is 2.68 bits per heavy atom. The first-order valence-corrected chi connectivity index (χ1v) is 7.41. The van der Waals surface area contributed by atoms with Gasteiger partial charge in [0.2, 0.25) is 11.8 Å². The van der Waals surface area contributed by atoms with Crippen molar-refractivity contribution in [3.8, 4) is 0 Å². The second kappa shape index (κ2) is 8.76. The number of nitrogens with two attached hydrogens (primary N) is 1. The van der Waals surface area contributed by atoms with Gasteiger partial charge >= 0.3 is 0 Å². The number of hydrogen-bond donors (Lipinski definition) is 2. The fourth-order valence-electron chi connectivity index (χ4n) is 2.72. The lowest BCUT2D eigenvalue weighted by Gasteiger charge is -2.34. The van der Waals surface area contributed by atoms with Gasteiger partial charge in [0.1, 0.15) is 6.04 Å². The van der Waals surface area contributed by atoms with E-state index in [-0.39, 0.29) is 24.2 Å². The van der Waals surface area contributed by atoms with E-state index in [9.17, 15) is 9.59 Å². The summed E-state index contributed by atoms with van der Waals surface area (Å²) >= 11 is 0. The summed E-state index contributed by atoms with van der Waals surface area (Å²) in [7, 11) is 0. The average Bonchev–Trinajstić information content (AvgIpc) is 2.52. The van der Waals surface area contributed by atoms with Crippen molar-refractivity contribution in [2.75, 3.05) is 19.6 Å². The van der Waals surface area contributed by atoms with Crippen LogP contribution in [0.15, 0.2) is 30.3 Å². The summed E-state index contributed by atoms with van der Waals surface area (Å²) in [4.78, 5) is 25.3. The van der Waals surface area contributed by atoms with Crippen molar-refractivity contribution in [2.45, 2.75) is 25.8 Å². The Labute approximate surface area is 137 Å². The maximum Gasteiger partial charge on any atom is 0.244 e. The van der Waals surface area contributed by atoms with Crippen LogP contribution in [0, 0.1) is 5.92 Å². The first kappa shape index (κ1) is 18.5. The third-order valence-electron chi connectivity index (χ3n) is 3.90. The summed E-state index contributed by atoms with van der Waals surface area (Å²) < 4.78 is 0. The zero-order chi connectivity index (χ0) is 15.2. The van der Waals surface area contributed by atoms with E-state index in [4.69, 9.17) is 5.73 Å². The summed E-state index contributed by atoms with van der Waals surface area (Å²) in [5.74, 6) is 0.253. The average molecular weight is 326 g/mol. The molecular weight excluding hydrogens is 302 g/mol. The first-order chi connectivity index (χ1) is 10.1. The molecule has 2 rings (SSSR count). The van der Waals surface area contributed by atoms with Crippen LogP contribution in [0.3, 0.4) is 0 Å². The van der Waals surface area contributed by atoms with Gasteiger partial charge in [0.05, 0.1) is 0 Å². The molecule has 0 bridgehead atoms. The van der Waals surface area contributed by atoms with Gasteiger partial charge in [0.25, 0.3) is 0 Å². The third-order valence-corrected chi connectivity index (χ3v) is 3.90. The standard InChI is InChI=1S/C16H23N3O2.ClH/c1-12(20)18-10-13-6-5-9-19(11-13)16(21)15(17)14-7-3-2-4-8-14;/h2-4,7-8,13,15H,5-6,9-11,17H2,1H3,(H,18,20);1H. The molecule has 0 radical (unpaired) electrons. The minimum Gasteiger partial charge on any atom is -0.356 e. The molecule has 1 aromatic rings. The molecule has 0 aliphatic carbocycles. The van der Waals surface area contributed by atoms with E-state index in [0.29, 0.717) is 19.0 Å². The topological polar surface area (TPSA) is 75.4 Å². The predicted octanol–water partition coefficient (Wildman–Crippen LogP) is 1.48. The lowest BCUT2D eigenvalue weighted by molar-refractivity contribution is -0.134. The van der Waals surface area contributed by atoms with E-state index in [2.05, 4.69) is 5.32 Å². The van der Waals surface area contributed by atoms with Gasteiger partial charge < -0.3 is 16.0 Å². The van der Waals surface area contributed by atoms with E-state index in [1.165, 1.54) is 6.92 Å². The molecule has 3 N–H and O–H groups in total. The highest BCUT2D eigenvalue weighted by molar-refractivity contribution is 5.85. The number of nitrogens with zero attached hydrogens (tertiary/aromatic N) is 1. The zero-order valence-electron chi connectivity index (χ0n) is 12.8. The van der Waals surface area contributed by atoms with Crippen molar-refractivity contribution in [1.29, 1.82) is 0 Å². The van der Waals surface area contributed by atoms with Crippen LogP contribution in [0.5, 0.6) is 0 Å². The molecule has 122 valence electrons. The van der Waals surface area contributed by atoms with Gasteiger partial charge in [-0.25, -0.2) is 0 Å². The van der Waals surface area contributed by atoms with Gasteiger partial charge in [-0.2, -0.15) is 0 Å². The highest BCUT2D eigenvalue weighted by Crippen LogP contribution is 2.20. The summed E-state index contributed by atoms with van der Waals surface area (Å²) in [6.45, 7) is 3.55. The van der Waals surface area contributed by atoms with E-state index >= 15 is 0 Å². The van der Waals surface area contributed by atoms with Gasteiger partial charge in [-0.15, -0.1) is 12.4 Å². The van der Waals surface area contributed by atoms with Crippen molar-refractivity contribution in [2.24, 2.45) is 11.7 Å². The SMILES string of the molecule is CC(=O)NCC1CCCN(C(=O)C(N)c2ccccc2)C1.Cl. The Hall–Kier alpha value is -1.59. The van der Waals surface area contributed by atoms with Crippen LogP contribution < -0.4 is 11.1 Å². The number of carbonyl (C=O) groups is 2. The Morgan fingerprint density at radius 2 is 2.05 bits per heavy atom. The lowest BCUT2D eigenvalue weighted by atomic mass is 9.96. The molecule has 5 nitrogen and oxygen atoms in total. The lowest BCUT2D eigenvalue weighted by Crippen LogP contribution is -2.46. The predicted molar refractivity (Wildman–Crippen MR) is 88.6 cm³/mol. The van der Waals surface area contributed by atoms with Crippen LogP contribution in [0.25, 0.3) is 0 Å². The highest BCUT2D eigenvalue weighted by atomic mass is 35.5. The molecule has 1 aliphatic rings. The molecule has 1 aromatic carbocycles. The first-order valence-electron chi connectivity index (χ1n) is 7.41. The van der Waals surface area contributed by atoms with Crippen LogP contribution in [0.2, 0.25) is 0 Å². The normalized spacial score (nSPS) is 19.0. The molecule has 1 heterocycles. The number of amides is 2. The zero-order valence-corrected chi connectivity index (χ0v) is 13.6. The van der Waals surface area contributed by atoms with Crippen LogP contribution in [0.4, 0.5) is 0 Å². The number of nitrogens with one attached hydrogen (secondary N) is 1. The van der Waals surface area contributed by atoms with E-state index in [1.807, 2.05) is 35.2 Å². The quantitative estimate of drug-likeness (QED) is 0.880. The highest BCUT2D eigenvalue weighted by Gasteiger charge is 2.27. The second-order valence-electron chi connectivity index (χ2n) is 5.62. The molecule has 1 fully saturated rings. The Bertz CT molecular complexity index is 495. The maximum atomic E-state index is 12.5. The van der Waals surface area contributed by atoms with Crippen molar-refractivity contribution >= 4 is 24.2 Å². The molecule has 0 saturated carbocycles. The summed E-state index contributed by atoms with van der Waals surface area (Å²) in [5.41, 5.74) is 6.92. The van der Waals surface area contributed by atoms with Crippen molar-refractivity contribution < 1.29 is 9.59 Å². The Balaban J connectivity index is 0.00000242. The second-order valence-corrected chi connectivity index (χ2v) is 5.62. The maximum absolute atomic E-state index is 12.5. The minimum atomic E-state index is -0.606. The number of hydrogen-bond acceptors (Lipinski definition) is 3. The van der Waals surface area contributed by atoms with E-state index in [1.54, 1.807) is 0 Å². The fourth-order valence-corrected chi connectivity index (χ4v) is 2.72. The Kier molecular flexibility index (Phi) is 7.35. The van der Waals surface area contributed by atoms with Gasteiger partial charge in [-0.1, -0.05) is 30.3 Å². The molecule has 2 amide bonds. The fraction of sp³-hybridized carbons (Fsp3) is 0.500. The Morgan fingerprint density at radius 1 is 1.36 bits per heavy atom. The number of benzene rings is 1. The molecule has 22 heavy (non-hydrogen) atoms. The number of rotatable bonds is 4. The van der Waals surface area contributed by atoms with Crippen molar-refractivity contribution in [3.63, 3.8) is 0 Å². The summed E-state index contributed by atoms with van der Waals surface area (Å²) in [6.07, 6.45) is 1.99. The van der Waals surface area contributed by atoms with Crippen LogP contribution in [-0.4, -0.2) is 36.3 Å². The number of halogens is 1. The van der Waals surface area contributed by atoms with Gasteiger partial charge in [0, 0.05) is 26.6 Å². The molecule has 0 aromatic heterocycles. The minimum absolute atomic E-state index is 0. The number of piperidine rings is 1. The third kappa shape index (κ3) is 5.00. The van der Waals surface area contributed by atoms with E-state index in [0.717, 1.165) is 24.9 Å². The number of likely N-dealkylation sites (tertiary alicyclic amines) is 1. The van der Waals surface area contributed by atoms with Crippen LogP contribution in [-0.2, 0) is 9.59 Å². The molecule has 1 aliphatic heterocycles. The van der Waals surface area contributed by atoms with Gasteiger partial charge in [0.15, 0.2) is 0 Å². The molecular formula is C16H24ClN3O2. The van der Waals surface area contributed by atoms with Crippen molar-refractivity contribution in [1.82, 2.24) is 10.2 Å². The monoisotopic (exact) mass is 325 g/mol. The molecule has 0 spiro atoms. The molecule has 2 atom stereocenters. The van der Waals surface area contributed by atoms with Crippen LogP contribution >= 0.6 is 12.4 Å². The molecule has 6 heteroatoms. The smallest absolute Gasteiger partial charge is 0.244 e. The van der Waals surface area contributed by atoms with Gasteiger partial charge in [-0.3, -0.25) is 9.59 Å². The number of carbonyl (C=O) groups excluding carboxylic acids is 2. The molecule has 2 unspecified atom stereocenters. The van der Waals surface area contributed by atoms with E-state index < -0.39 is 6.04 Å².